The maximum Gasteiger partial charge on any atom is 0.263 e. The van der Waals surface area contributed by atoms with E-state index in [-0.39, 0.29) is 18.0 Å². The highest BCUT2D eigenvalue weighted by Gasteiger charge is 2.29. The Morgan fingerprint density at radius 3 is 2.90 bits per heavy atom. The molecule has 1 saturated heterocycles. The molecule has 2 aromatic heterocycles. The Labute approximate surface area is 185 Å². The van der Waals surface area contributed by atoms with Gasteiger partial charge in [0.1, 0.15) is 22.1 Å². The van der Waals surface area contributed by atoms with Gasteiger partial charge in [0.15, 0.2) is 0 Å². The van der Waals surface area contributed by atoms with E-state index in [0.717, 1.165) is 52.4 Å². The molecule has 0 aliphatic carbocycles. The summed E-state index contributed by atoms with van der Waals surface area (Å²) in [5.41, 5.74) is 16.0. The molecule has 1 amide bonds. The molecule has 4 heterocycles. The number of nitrogens with one attached hydrogen (secondary N) is 1. The van der Waals surface area contributed by atoms with Gasteiger partial charge < -0.3 is 26.4 Å². The number of nitrogens with zero attached hydrogens (tertiary/aromatic N) is 2. The highest BCUT2D eigenvalue weighted by molar-refractivity contribution is 7.21. The van der Waals surface area contributed by atoms with Crippen LogP contribution < -0.4 is 26.4 Å². The van der Waals surface area contributed by atoms with Crippen molar-refractivity contribution in [2.24, 2.45) is 11.7 Å². The zero-order valence-electron chi connectivity index (χ0n) is 17.7. The number of pyridine rings is 1. The lowest BCUT2D eigenvalue weighted by atomic mass is 10.0. The lowest BCUT2D eigenvalue weighted by Gasteiger charge is -2.28. The number of carbonyl (C=O) groups excluding carboxylic acids is 1. The lowest BCUT2D eigenvalue weighted by Crippen LogP contribution is -2.42. The van der Waals surface area contributed by atoms with Gasteiger partial charge in [0, 0.05) is 42.0 Å². The van der Waals surface area contributed by atoms with Gasteiger partial charge in [-0.25, -0.2) is 4.98 Å². The van der Waals surface area contributed by atoms with Gasteiger partial charge in [-0.05, 0) is 43.0 Å². The molecule has 162 valence electrons. The van der Waals surface area contributed by atoms with E-state index in [2.05, 4.69) is 40.3 Å². The first-order valence-corrected chi connectivity index (χ1v) is 11.4. The Hall–Kier alpha value is -2.84. The quantitative estimate of drug-likeness (QED) is 0.582. The predicted molar refractivity (Wildman–Crippen MR) is 125 cm³/mol. The second-order valence-corrected chi connectivity index (χ2v) is 9.67. The summed E-state index contributed by atoms with van der Waals surface area (Å²) in [6.45, 7) is 6.37. The molecule has 0 radical (unpaired) electrons. The first-order valence-electron chi connectivity index (χ1n) is 10.6. The zero-order valence-corrected chi connectivity index (χ0v) is 18.5. The molecule has 8 heteroatoms. The number of benzene rings is 1. The average Bonchev–Trinajstić information content (AvgIpc) is 3.26. The SMILES string of the molecule is Cc1ccc2c(N)c(C(=O)N[C@H]3COc4cc(N5C[C@H](C)[C@@H](N)C5)ccc4C3)sc2n1. The molecule has 2 aliphatic heterocycles. The molecule has 2 aliphatic rings. The molecule has 5 N–H and O–H groups in total. The van der Waals surface area contributed by atoms with Gasteiger partial charge >= 0.3 is 0 Å². The molecule has 5 rings (SSSR count). The van der Waals surface area contributed by atoms with Crippen LogP contribution in [0, 0.1) is 12.8 Å². The molecule has 3 atom stereocenters. The molecule has 7 nitrogen and oxygen atoms in total. The number of carbonyl (C=O) groups is 1. The molecule has 31 heavy (non-hydrogen) atoms. The van der Waals surface area contributed by atoms with Crippen molar-refractivity contribution in [1.29, 1.82) is 0 Å². The van der Waals surface area contributed by atoms with E-state index < -0.39 is 0 Å². The minimum Gasteiger partial charge on any atom is -0.491 e. The Morgan fingerprint density at radius 2 is 2.13 bits per heavy atom. The average molecular weight is 438 g/mol. The van der Waals surface area contributed by atoms with E-state index >= 15 is 0 Å². The van der Waals surface area contributed by atoms with E-state index in [9.17, 15) is 4.79 Å². The summed E-state index contributed by atoms with van der Waals surface area (Å²) in [6.07, 6.45) is 0.722. The number of nitrogen functional groups attached to an aromatic ring is 1. The summed E-state index contributed by atoms with van der Waals surface area (Å²) >= 11 is 1.33. The van der Waals surface area contributed by atoms with Gasteiger partial charge in [0.25, 0.3) is 5.91 Å². The van der Waals surface area contributed by atoms with Crippen LogP contribution in [-0.2, 0) is 6.42 Å². The molecule has 3 aromatic rings. The summed E-state index contributed by atoms with van der Waals surface area (Å²) < 4.78 is 6.02. The van der Waals surface area contributed by atoms with Crippen LogP contribution in [0.3, 0.4) is 0 Å². The summed E-state index contributed by atoms with van der Waals surface area (Å²) in [5.74, 6) is 1.20. The van der Waals surface area contributed by atoms with Gasteiger partial charge in [-0.15, -0.1) is 11.3 Å². The number of aryl methyl sites for hydroxylation is 1. The molecule has 0 bridgehead atoms. The fraction of sp³-hybridized carbons (Fsp3) is 0.391. The molecule has 0 spiro atoms. The minimum atomic E-state index is -0.174. The standard InChI is InChI=1S/C23H27N5O2S/c1-12-9-28(10-18(12)24)16-5-4-14-7-15(11-30-19(14)8-16)27-22(29)21-20(25)17-6-3-13(2)26-23(17)31-21/h3-6,8,12,15,18H,7,9-11,24-25H2,1-2H3,(H,27,29)/t12-,15+,18-/m0/s1. The number of anilines is 2. The Kier molecular flexibility index (Phi) is 4.98. The van der Waals surface area contributed by atoms with Crippen molar-refractivity contribution in [2.45, 2.75) is 32.4 Å². The molecule has 1 aromatic carbocycles. The number of thiophene rings is 1. The summed E-state index contributed by atoms with van der Waals surface area (Å²) in [5, 5.41) is 3.91. The van der Waals surface area contributed by atoms with Gasteiger partial charge in [0.2, 0.25) is 0 Å². The van der Waals surface area contributed by atoms with Crippen LogP contribution in [0.2, 0.25) is 0 Å². The van der Waals surface area contributed by atoms with Crippen molar-refractivity contribution in [1.82, 2.24) is 10.3 Å². The van der Waals surface area contributed by atoms with E-state index in [1.165, 1.54) is 11.3 Å². The lowest BCUT2D eigenvalue weighted by molar-refractivity contribution is 0.0920. The van der Waals surface area contributed by atoms with Crippen molar-refractivity contribution in [3.05, 3.63) is 46.5 Å². The monoisotopic (exact) mass is 437 g/mol. The summed E-state index contributed by atoms with van der Waals surface area (Å²) in [7, 11) is 0. The highest BCUT2D eigenvalue weighted by Crippen LogP contribution is 2.34. The van der Waals surface area contributed by atoms with Gasteiger partial charge in [-0.3, -0.25) is 4.79 Å². The highest BCUT2D eigenvalue weighted by atomic mass is 32.1. The molecule has 1 fully saturated rings. The number of ether oxygens (including phenoxy) is 1. The second-order valence-electron chi connectivity index (χ2n) is 8.67. The smallest absolute Gasteiger partial charge is 0.263 e. The number of hydrogen-bond donors (Lipinski definition) is 3. The third-order valence-corrected chi connectivity index (χ3v) is 7.38. The van der Waals surface area contributed by atoms with Crippen molar-refractivity contribution < 1.29 is 9.53 Å². The van der Waals surface area contributed by atoms with Crippen LogP contribution in [-0.4, -0.2) is 42.7 Å². The van der Waals surface area contributed by atoms with Crippen molar-refractivity contribution in [2.75, 3.05) is 30.3 Å². The summed E-state index contributed by atoms with van der Waals surface area (Å²) in [4.78, 5) is 21.0. The number of amides is 1. The number of nitrogens with two attached hydrogens (primary N) is 2. The first kappa shape index (κ1) is 20.1. The van der Waals surface area contributed by atoms with Crippen LogP contribution in [0.1, 0.15) is 27.9 Å². The molecule has 0 saturated carbocycles. The van der Waals surface area contributed by atoms with Gasteiger partial charge in [0.05, 0.1) is 11.7 Å². The zero-order chi connectivity index (χ0) is 21.7. The maximum atomic E-state index is 12.9. The normalized spacial score (nSPS) is 22.9. The topological polar surface area (TPSA) is 106 Å². The molecule has 0 unspecified atom stereocenters. The third kappa shape index (κ3) is 3.70. The third-order valence-electron chi connectivity index (χ3n) is 6.27. The van der Waals surface area contributed by atoms with Crippen molar-refractivity contribution in [3.63, 3.8) is 0 Å². The largest absolute Gasteiger partial charge is 0.491 e. The minimum absolute atomic E-state index is 0.106. The number of aromatic nitrogens is 1. The number of fused-ring (bicyclic) bond motifs is 2. The van der Waals surface area contributed by atoms with Crippen LogP contribution in [0.25, 0.3) is 10.2 Å². The second kappa shape index (κ2) is 7.69. The van der Waals surface area contributed by atoms with Crippen molar-refractivity contribution >= 4 is 38.8 Å². The van der Waals surface area contributed by atoms with Gasteiger partial charge in [-0.2, -0.15) is 0 Å². The fourth-order valence-corrected chi connectivity index (χ4v) is 5.40. The van der Waals surface area contributed by atoms with Crippen molar-refractivity contribution in [3.8, 4) is 5.75 Å². The van der Waals surface area contributed by atoms with Crippen LogP contribution in [0.15, 0.2) is 30.3 Å². The van der Waals surface area contributed by atoms with E-state index in [1.54, 1.807) is 0 Å². The maximum absolute atomic E-state index is 12.9. The molecular weight excluding hydrogens is 410 g/mol. The predicted octanol–water partition coefficient (Wildman–Crippen LogP) is 2.70. The number of rotatable bonds is 3. The Morgan fingerprint density at radius 1 is 1.29 bits per heavy atom. The fourth-order valence-electron chi connectivity index (χ4n) is 4.36. The Balaban J connectivity index is 1.29. The number of hydrogen-bond acceptors (Lipinski definition) is 7. The van der Waals surface area contributed by atoms with Crippen LogP contribution in [0.5, 0.6) is 5.75 Å². The molecular formula is C23H27N5O2S. The summed E-state index contributed by atoms with van der Waals surface area (Å²) in [6, 6.07) is 10.2. The van der Waals surface area contributed by atoms with E-state index in [0.29, 0.717) is 23.1 Å². The Bertz CT molecular complexity index is 1150. The van der Waals surface area contributed by atoms with Gasteiger partial charge in [-0.1, -0.05) is 13.0 Å². The first-order chi connectivity index (χ1) is 14.9. The van der Waals surface area contributed by atoms with E-state index in [4.69, 9.17) is 16.2 Å². The van der Waals surface area contributed by atoms with E-state index in [1.807, 2.05) is 19.1 Å². The van der Waals surface area contributed by atoms with Crippen LogP contribution >= 0.6 is 11.3 Å². The van der Waals surface area contributed by atoms with Crippen LogP contribution in [0.4, 0.5) is 11.4 Å².